The number of carbonyl (C=O) groups is 2. The van der Waals surface area contributed by atoms with Gasteiger partial charge >= 0.3 is 0 Å². The van der Waals surface area contributed by atoms with Crippen LogP contribution in [0.5, 0.6) is 11.5 Å². The molecular formula is C20H30N2O4. The number of carbonyl (C=O) groups excluding carboxylic acids is 2. The molecule has 1 aromatic carbocycles. The summed E-state index contributed by atoms with van der Waals surface area (Å²) in [5, 5.41) is 2.98. The third-order valence-electron chi connectivity index (χ3n) is 4.85. The van der Waals surface area contributed by atoms with Gasteiger partial charge in [-0.05, 0) is 24.6 Å². The number of hydrogen-bond acceptors (Lipinski definition) is 4. The van der Waals surface area contributed by atoms with Crippen molar-refractivity contribution >= 4 is 11.8 Å². The monoisotopic (exact) mass is 362 g/mol. The third-order valence-corrected chi connectivity index (χ3v) is 4.85. The van der Waals surface area contributed by atoms with Crippen molar-refractivity contribution in [2.75, 3.05) is 33.9 Å². The normalized spacial score (nSPS) is 19.5. The molecule has 6 nitrogen and oxygen atoms in total. The van der Waals surface area contributed by atoms with Gasteiger partial charge in [0.15, 0.2) is 0 Å². The summed E-state index contributed by atoms with van der Waals surface area (Å²) in [4.78, 5) is 27.1. The van der Waals surface area contributed by atoms with Gasteiger partial charge in [-0.2, -0.15) is 0 Å². The zero-order valence-corrected chi connectivity index (χ0v) is 16.4. The van der Waals surface area contributed by atoms with Crippen molar-refractivity contribution in [2.45, 2.75) is 33.1 Å². The summed E-state index contributed by atoms with van der Waals surface area (Å²) < 4.78 is 10.9. The van der Waals surface area contributed by atoms with Gasteiger partial charge in [-0.3, -0.25) is 9.59 Å². The summed E-state index contributed by atoms with van der Waals surface area (Å²) in [6.45, 7) is 7.35. The molecule has 1 fully saturated rings. The first-order valence-electron chi connectivity index (χ1n) is 9.21. The number of hydrogen-bond donors (Lipinski definition) is 1. The maximum absolute atomic E-state index is 12.8. The summed E-state index contributed by atoms with van der Waals surface area (Å²) in [6.07, 6.45) is 0.875. The molecule has 0 bridgehead atoms. The van der Waals surface area contributed by atoms with E-state index in [1.165, 1.54) is 0 Å². The molecule has 0 spiro atoms. The van der Waals surface area contributed by atoms with E-state index in [0.717, 1.165) is 12.0 Å². The van der Waals surface area contributed by atoms with Crippen molar-refractivity contribution in [3.8, 4) is 11.5 Å². The molecule has 0 aliphatic carbocycles. The van der Waals surface area contributed by atoms with Gasteiger partial charge in [0.05, 0.1) is 20.1 Å². The first-order valence-corrected chi connectivity index (χ1v) is 9.21. The highest BCUT2D eigenvalue weighted by molar-refractivity contribution is 5.84. The number of nitrogens with zero attached hydrogens (tertiary/aromatic N) is 1. The Morgan fingerprint density at radius 2 is 1.96 bits per heavy atom. The average Bonchev–Trinajstić information content (AvgIpc) is 3.09. The Labute approximate surface area is 155 Å². The van der Waals surface area contributed by atoms with Crippen LogP contribution in [0.4, 0.5) is 0 Å². The van der Waals surface area contributed by atoms with E-state index >= 15 is 0 Å². The maximum atomic E-state index is 12.8. The molecule has 144 valence electrons. The van der Waals surface area contributed by atoms with E-state index in [2.05, 4.69) is 5.32 Å². The van der Waals surface area contributed by atoms with Crippen LogP contribution in [-0.2, 0) is 9.59 Å². The lowest BCUT2D eigenvalue weighted by Crippen LogP contribution is -2.36. The molecule has 0 unspecified atom stereocenters. The second-order valence-corrected chi connectivity index (χ2v) is 7.01. The zero-order chi connectivity index (χ0) is 19.3. The molecule has 26 heavy (non-hydrogen) atoms. The second kappa shape index (κ2) is 8.92. The molecule has 1 aliphatic rings. The van der Waals surface area contributed by atoms with Gasteiger partial charge in [-0.15, -0.1) is 0 Å². The molecule has 6 heteroatoms. The molecule has 1 aromatic rings. The van der Waals surface area contributed by atoms with Crippen LogP contribution in [-0.4, -0.2) is 50.6 Å². The van der Waals surface area contributed by atoms with E-state index in [-0.39, 0.29) is 29.6 Å². The van der Waals surface area contributed by atoms with Crippen LogP contribution in [0.2, 0.25) is 0 Å². The van der Waals surface area contributed by atoms with Crippen LogP contribution < -0.4 is 14.8 Å². The Morgan fingerprint density at radius 3 is 2.54 bits per heavy atom. The Morgan fingerprint density at radius 1 is 1.23 bits per heavy atom. The molecular weight excluding hydrogens is 332 g/mol. The van der Waals surface area contributed by atoms with Crippen LogP contribution in [0, 0.1) is 11.8 Å². The van der Waals surface area contributed by atoms with Crippen LogP contribution in [0.1, 0.15) is 38.7 Å². The molecule has 2 amide bonds. The Balaban J connectivity index is 2.38. The van der Waals surface area contributed by atoms with E-state index in [1.54, 1.807) is 19.1 Å². The summed E-state index contributed by atoms with van der Waals surface area (Å²) in [5.74, 6) is 0.957. The van der Waals surface area contributed by atoms with Gasteiger partial charge in [-0.25, -0.2) is 0 Å². The first kappa shape index (κ1) is 20.1. The fourth-order valence-electron chi connectivity index (χ4n) is 3.44. The summed E-state index contributed by atoms with van der Waals surface area (Å²) in [7, 11) is 3.23. The standard InChI is InChI=1S/C20H30N2O4/c1-6-9-21-19(23)17-12-22(20(24)13(2)3)11-16(17)15-10-14(25-4)7-8-18(15)26-5/h7-8,10,13,16-17H,6,9,11-12H2,1-5H3,(H,21,23)/t16-,17-/m1/s1. The number of benzene rings is 1. The van der Waals surface area contributed by atoms with E-state index in [0.29, 0.717) is 31.1 Å². The van der Waals surface area contributed by atoms with E-state index in [1.807, 2.05) is 39.0 Å². The smallest absolute Gasteiger partial charge is 0.225 e. The van der Waals surface area contributed by atoms with Crippen molar-refractivity contribution in [3.05, 3.63) is 23.8 Å². The quantitative estimate of drug-likeness (QED) is 0.809. The number of methoxy groups -OCH3 is 2. The average molecular weight is 362 g/mol. The summed E-state index contributed by atoms with van der Waals surface area (Å²) in [5.41, 5.74) is 0.905. The SMILES string of the molecule is CCCNC(=O)[C@@H]1CN(C(=O)C(C)C)C[C@@H]1c1cc(OC)ccc1OC. The van der Waals surface area contributed by atoms with Crippen LogP contribution in [0.15, 0.2) is 18.2 Å². The highest BCUT2D eigenvalue weighted by Crippen LogP contribution is 2.39. The number of ether oxygens (including phenoxy) is 2. The first-order chi connectivity index (χ1) is 12.4. The Hall–Kier alpha value is -2.24. The van der Waals surface area contributed by atoms with Gasteiger partial charge in [0.2, 0.25) is 11.8 Å². The van der Waals surface area contributed by atoms with Crippen molar-refractivity contribution in [3.63, 3.8) is 0 Å². The highest BCUT2D eigenvalue weighted by atomic mass is 16.5. The summed E-state index contributed by atoms with van der Waals surface area (Å²) >= 11 is 0. The fourth-order valence-corrected chi connectivity index (χ4v) is 3.44. The van der Waals surface area contributed by atoms with Crippen LogP contribution >= 0.6 is 0 Å². The lowest BCUT2D eigenvalue weighted by atomic mass is 9.87. The lowest BCUT2D eigenvalue weighted by Gasteiger charge is -2.21. The van der Waals surface area contributed by atoms with Crippen LogP contribution in [0.3, 0.4) is 0 Å². The van der Waals surface area contributed by atoms with Crippen molar-refractivity contribution < 1.29 is 19.1 Å². The minimum atomic E-state index is -0.301. The van der Waals surface area contributed by atoms with Crippen molar-refractivity contribution in [1.82, 2.24) is 10.2 Å². The highest BCUT2D eigenvalue weighted by Gasteiger charge is 2.41. The number of nitrogens with one attached hydrogen (secondary N) is 1. The predicted octanol–water partition coefficient (Wildman–Crippen LogP) is 2.43. The fraction of sp³-hybridized carbons (Fsp3) is 0.600. The molecule has 0 aromatic heterocycles. The third kappa shape index (κ3) is 4.29. The zero-order valence-electron chi connectivity index (χ0n) is 16.4. The second-order valence-electron chi connectivity index (χ2n) is 7.01. The largest absolute Gasteiger partial charge is 0.497 e. The molecule has 2 atom stereocenters. The number of rotatable bonds is 7. The lowest BCUT2D eigenvalue weighted by molar-refractivity contribution is -0.133. The minimum Gasteiger partial charge on any atom is -0.497 e. The van der Waals surface area contributed by atoms with Gasteiger partial charge in [0.1, 0.15) is 11.5 Å². The molecule has 1 saturated heterocycles. The Kier molecular flexibility index (Phi) is 6.89. The van der Waals surface area contributed by atoms with Crippen molar-refractivity contribution in [2.24, 2.45) is 11.8 Å². The van der Waals surface area contributed by atoms with E-state index < -0.39 is 0 Å². The minimum absolute atomic E-state index is 0.0132. The van der Waals surface area contributed by atoms with Gasteiger partial charge in [0, 0.05) is 37.0 Å². The maximum Gasteiger partial charge on any atom is 0.225 e. The molecule has 0 radical (unpaired) electrons. The molecule has 0 saturated carbocycles. The van der Waals surface area contributed by atoms with Gasteiger partial charge in [-0.1, -0.05) is 20.8 Å². The number of likely N-dealkylation sites (tertiary alicyclic amines) is 1. The van der Waals surface area contributed by atoms with Gasteiger partial charge in [0.25, 0.3) is 0 Å². The molecule has 1 heterocycles. The topological polar surface area (TPSA) is 67.9 Å². The van der Waals surface area contributed by atoms with Crippen molar-refractivity contribution in [1.29, 1.82) is 0 Å². The van der Waals surface area contributed by atoms with E-state index in [4.69, 9.17) is 9.47 Å². The van der Waals surface area contributed by atoms with E-state index in [9.17, 15) is 9.59 Å². The predicted molar refractivity (Wildman–Crippen MR) is 100 cm³/mol. The van der Waals surface area contributed by atoms with Crippen LogP contribution in [0.25, 0.3) is 0 Å². The molecule has 2 rings (SSSR count). The Bertz CT molecular complexity index is 645. The molecule has 1 N–H and O–H groups in total. The van der Waals surface area contributed by atoms with Gasteiger partial charge < -0.3 is 19.7 Å². The number of amides is 2. The summed E-state index contributed by atoms with van der Waals surface area (Å²) in [6, 6.07) is 5.59. The molecule has 1 aliphatic heterocycles.